The van der Waals surface area contributed by atoms with Crippen LogP contribution in [0.1, 0.15) is 0 Å². The molecule has 0 aliphatic heterocycles. The average molecular weight is 938 g/mol. The summed E-state index contributed by atoms with van der Waals surface area (Å²) in [5.74, 6) is -1.10. The van der Waals surface area contributed by atoms with Crippen molar-refractivity contribution in [1.29, 1.82) is 0 Å². The van der Waals surface area contributed by atoms with E-state index in [0.717, 1.165) is 6.07 Å². The number of azo groups is 1. The van der Waals surface area contributed by atoms with Gasteiger partial charge >= 0.3 is 16.4 Å². The summed E-state index contributed by atoms with van der Waals surface area (Å²) in [6.45, 7) is -0.828. The molecule has 0 aliphatic carbocycles. The highest BCUT2D eigenvalue weighted by atomic mass is 35.5. The predicted octanol–water partition coefficient (Wildman–Crippen LogP) is 3.40. The SMILES string of the molecule is NC(=O)Nc1cc(Nc2nc(Cl)nc(Nc3ccc(S(=O)(=O)CCOS(=O)(=O)O)cc3)n2)ccc1N=Nc1cc2c(S(=O)(=O)O)cc(S(=O)(=O)O)cc2cc1S(=O)(=O)O. The smallest absolute Gasteiger partial charge is 0.351 e. The van der Waals surface area contributed by atoms with Crippen LogP contribution in [-0.2, 0) is 54.8 Å². The van der Waals surface area contributed by atoms with Gasteiger partial charge in [-0.3, -0.25) is 18.2 Å². The maximum atomic E-state index is 12.5. The minimum atomic E-state index is -5.23. The zero-order valence-corrected chi connectivity index (χ0v) is 33.5. The van der Waals surface area contributed by atoms with Crippen molar-refractivity contribution in [3.8, 4) is 0 Å². The molecule has 0 unspecified atom stereocenters. The van der Waals surface area contributed by atoms with Crippen molar-refractivity contribution in [2.45, 2.75) is 19.6 Å². The quantitative estimate of drug-likeness (QED) is 0.0550. The third-order valence-electron chi connectivity index (χ3n) is 7.26. The number of amides is 2. The van der Waals surface area contributed by atoms with Crippen LogP contribution in [0.25, 0.3) is 10.8 Å². The molecule has 5 aromatic rings. The van der Waals surface area contributed by atoms with Crippen LogP contribution in [0.2, 0.25) is 5.28 Å². The molecule has 1 aromatic heterocycles. The fourth-order valence-electron chi connectivity index (χ4n) is 4.84. The van der Waals surface area contributed by atoms with E-state index in [1.165, 1.54) is 42.5 Å². The lowest BCUT2D eigenvalue weighted by Crippen LogP contribution is -2.19. The molecule has 0 spiro atoms. The van der Waals surface area contributed by atoms with Gasteiger partial charge in [-0.1, -0.05) is 0 Å². The van der Waals surface area contributed by atoms with Gasteiger partial charge in [0.05, 0.1) is 27.8 Å². The highest BCUT2D eigenvalue weighted by molar-refractivity contribution is 7.91. The molecule has 0 saturated heterocycles. The van der Waals surface area contributed by atoms with E-state index in [0.29, 0.717) is 18.2 Å². The molecule has 1 heterocycles. The highest BCUT2D eigenvalue weighted by Crippen LogP contribution is 2.37. The number of hydrogen-bond donors (Lipinski definition) is 8. The number of urea groups is 1. The summed E-state index contributed by atoms with van der Waals surface area (Å²) in [5.41, 5.74) is 4.55. The zero-order chi connectivity index (χ0) is 43.7. The summed E-state index contributed by atoms with van der Waals surface area (Å²) in [6.07, 6.45) is 0. The molecule has 5 rings (SSSR count). The molecule has 0 bridgehead atoms. The summed E-state index contributed by atoms with van der Waals surface area (Å²) < 4.78 is 161. The molecule has 0 saturated carbocycles. The molecule has 25 nitrogen and oxygen atoms in total. The van der Waals surface area contributed by atoms with Crippen LogP contribution in [0.5, 0.6) is 0 Å². The number of rotatable bonds is 15. The summed E-state index contributed by atoms with van der Waals surface area (Å²) in [5, 5.41) is 14.1. The van der Waals surface area contributed by atoms with Crippen LogP contribution in [0.4, 0.5) is 45.1 Å². The number of nitrogens with one attached hydrogen (secondary N) is 3. The van der Waals surface area contributed by atoms with E-state index in [4.69, 9.17) is 21.9 Å². The number of primary amides is 1. The normalized spacial score (nSPS) is 12.8. The lowest BCUT2D eigenvalue weighted by molar-refractivity contribution is 0.259. The summed E-state index contributed by atoms with van der Waals surface area (Å²) in [6, 6.07) is 10.0. The third-order valence-corrected chi connectivity index (χ3v) is 12.2. The van der Waals surface area contributed by atoms with Crippen LogP contribution in [0, 0.1) is 0 Å². The molecule has 9 N–H and O–H groups in total. The first-order valence-corrected chi connectivity index (χ1v) is 23.0. The number of carbonyl (C=O) groups excluding carboxylic acids is 1. The van der Waals surface area contributed by atoms with Gasteiger partial charge in [0.1, 0.15) is 21.2 Å². The molecule has 0 aliphatic rings. The molecular weight excluding hydrogens is 914 g/mol. The Kier molecular flexibility index (Phi) is 12.5. The molecule has 0 radical (unpaired) electrons. The lowest BCUT2D eigenvalue weighted by atomic mass is 10.1. The minimum absolute atomic E-state index is 0.130. The number of carbonyl (C=O) groups is 1. The molecule has 2 amide bonds. The summed E-state index contributed by atoms with van der Waals surface area (Å²) in [7, 11) is -24.4. The van der Waals surface area contributed by atoms with Crippen LogP contribution < -0.4 is 21.7 Å². The Bertz CT molecular complexity index is 3120. The van der Waals surface area contributed by atoms with Crippen molar-refractivity contribution in [3.63, 3.8) is 0 Å². The number of hydrogen-bond acceptors (Lipinski definition) is 19. The Labute approximate surface area is 337 Å². The van der Waals surface area contributed by atoms with Gasteiger partial charge in [-0.05, 0) is 83.7 Å². The summed E-state index contributed by atoms with van der Waals surface area (Å²) in [4.78, 5) is 20.6. The third kappa shape index (κ3) is 11.8. The van der Waals surface area contributed by atoms with E-state index in [1.807, 2.05) is 0 Å². The molecule has 314 valence electrons. The molecule has 0 atom stereocenters. The van der Waals surface area contributed by atoms with Crippen molar-refractivity contribution in [2.75, 3.05) is 28.3 Å². The van der Waals surface area contributed by atoms with Crippen molar-refractivity contribution < 1.29 is 69.3 Å². The first-order chi connectivity index (χ1) is 27.2. The summed E-state index contributed by atoms with van der Waals surface area (Å²) >= 11 is 6.08. The van der Waals surface area contributed by atoms with E-state index in [1.54, 1.807) is 0 Å². The fourth-order valence-corrected chi connectivity index (χ4v) is 8.48. The second kappa shape index (κ2) is 16.6. The molecule has 4 aromatic carbocycles. The Hall–Kier alpha value is -5.54. The maximum absolute atomic E-state index is 12.5. The lowest BCUT2D eigenvalue weighted by Gasteiger charge is -2.12. The first-order valence-electron chi connectivity index (χ1n) is 15.2. The predicted molar refractivity (Wildman–Crippen MR) is 205 cm³/mol. The number of aromatic nitrogens is 3. The van der Waals surface area contributed by atoms with Gasteiger partial charge in [0.15, 0.2) is 9.84 Å². The number of fused-ring (bicyclic) bond motifs is 1. The van der Waals surface area contributed by atoms with Gasteiger partial charge in [0, 0.05) is 16.8 Å². The number of nitrogens with zero attached hydrogens (tertiary/aromatic N) is 5. The van der Waals surface area contributed by atoms with Gasteiger partial charge in [0.25, 0.3) is 30.4 Å². The zero-order valence-electron chi connectivity index (χ0n) is 28.7. The standard InChI is InChI=1S/C28H24ClN9O16S5/c29-25-34-27(31-15-1-4-17(5-2-15)55(40,41)8-7-54-59(51,52)53)36-28(35-25)32-16-3-6-20(21(11-16)33-26(30)39)37-38-22-13-19-14(10-24(22)58(48,49)50)9-18(56(42,43)44)12-23(19)57(45,46)47/h1-6,9-13H,7-8H2,(H3,30,33,39)(H,42,43,44)(H,45,46,47)(H,48,49,50)(H,51,52,53)(H2,31,32,34,35,36). The Morgan fingerprint density at radius 1 is 0.678 bits per heavy atom. The van der Waals surface area contributed by atoms with E-state index in [2.05, 4.69) is 45.3 Å². The molecule has 31 heteroatoms. The fraction of sp³-hybridized carbons (Fsp3) is 0.0714. The second-order valence-corrected chi connectivity index (χ2v) is 19.1. The van der Waals surface area contributed by atoms with E-state index in [9.17, 15) is 60.5 Å². The van der Waals surface area contributed by atoms with Crippen molar-refractivity contribution >= 4 is 119 Å². The van der Waals surface area contributed by atoms with Gasteiger partial charge in [-0.15, -0.1) is 10.2 Å². The number of anilines is 5. The number of halogens is 1. The van der Waals surface area contributed by atoms with Gasteiger partial charge in [0.2, 0.25) is 17.2 Å². The van der Waals surface area contributed by atoms with Crippen LogP contribution in [-0.4, -0.2) is 93.6 Å². The number of benzene rings is 4. The topological polar surface area (TPSA) is 403 Å². The Balaban J connectivity index is 1.44. The first kappa shape index (κ1) is 44.6. The number of nitrogens with two attached hydrogens (primary N) is 1. The monoisotopic (exact) mass is 937 g/mol. The molecule has 0 fully saturated rings. The molecular formula is C28H24ClN9O16S5. The van der Waals surface area contributed by atoms with Crippen molar-refractivity contribution in [1.82, 2.24) is 15.0 Å². The van der Waals surface area contributed by atoms with E-state index >= 15 is 0 Å². The Morgan fingerprint density at radius 3 is 1.81 bits per heavy atom. The average Bonchev–Trinajstić information content (AvgIpc) is 3.08. The second-order valence-electron chi connectivity index (χ2n) is 11.4. The van der Waals surface area contributed by atoms with Crippen LogP contribution in [0.15, 0.2) is 96.5 Å². The van der Waals surface area contributed by atoms with Gasteiger partial charge in [-0.25, -0.2) is 17.4 Å². The van der Waals surface area contributed by atoms with Crippen LogP contribution >= 0.6 is 11.6 Å². The van der Waals surface area contributed by atoms with Crippen molar-refractivity contribution in [3.05, 3.63) is 72.0 Å². The van der Waals surface area contributed by atoms with Gasteiger partial charge < -0.3 is 21.7 Å². The molecule has 59 heavy (non-hydrogen) atoms. The van der Waals surface area contributed by atoms with Crippen LogP contribution in [0.3, 0.4) is 0 Å². The largest absolute Gasteiger partial charge is 0.397 e. The van der Waals surface area contributed by atoms with E-state index < -0.39 is 100 Å². The minimum Gasteiger partial charge on any atom is -0.351 e. The highest BCUT2D eigenvalue weighted by Gasteiger charge is 2.25. The number of sulfone groups is 1. The van der Waals surface area contributed by atoms with E-state index in [-0.39, 0.29) is 44.8 Å². The van der Waals surface area contributed by atoms with Crippen molar-refractivity contribution in [2.24, 2.45) is 16.0 Å². The Morgan fingerprint density at radius 2 is 1.25 bits per heavy atom. The maximum Gasteiger partial charge on any atom is 0.397 e. The van der Waals surface area contributed by atoms with Gasteiger partial charge in [-0.2, -0.15) is 48.6 Å².